The van der Waals surface area contributed by atoms with E-state index in [1.54, 1.807) is 0 Å². The Kier molecular flexibility index (Phi) is 13.0. The lowest BCUT2D eigenvalue weighted by Gasteiger charge is -2.24. The summed E-state index contributed by atoms with van der Waals surface area (Å²) in [6.07, 6.45) is 13.3. The molecule has 0 bridgehead atoms. The first-order chi connectivity index (χ1) is 9.61. The Morgan fingerprint density at radius 2 is 1.40 bits per heavy atom. The predicted molar refractivity (Wildman–Crippen MR) is 85.7 cm³/mol. The Morgan fingerprint density at radius 3 is 1.85 bits per heavy atom. The third kappa shape index (κ3) is 11.3. The molecule has 0 rings (SSSR count). The van der Waals surface area contributed by atoms with Crippen LogP contribution in [0.5, 0.6) is 0 Å². The van der Waals surface area contributed by atoms with Crippen molar-refractivity contribution in [1.29, 1.82) is 0 Å². The number of carbonyl (C=O) groups excluding carboxylic acids is 1. The summed E-state index contributed by atoms with van der Waals surface area (Å²) in [7, 11) is 3.95. The number of esters is 1. The van der Waals surface area contributed by atoms with Crippen molar-refractivity contribution in [2.45, 2.75) is 90.7 Å². The largest absolute Gasteiger partial charge is 0.446 e. The second-order valence-corrected chi connectivity index (χ2v) is 5.88. The normalized spacial score (nSPS) is 12.7. The van der Waals surface area contributed by atoms with Crippen molar-refractivity contribution >= 4 is 5.97 Å². The predicted octanol–water partition coefficient (Wildman–Crippen LogP) is 4.75. The van der Waals surface area contributed by atoms with Crippen LogP contribution in [0.1, 0.15) is 84.5 Å². The number of carbonyl (C=O) groups is 1. The van der Waals surface area contributed by atoms with E-state index in [0.29, 0.717) is 6.42 Å². The molecule has 0 saturated heterocycles. The molecule has 0 aromatic carbocycles. The van der Waals surface area contributed by atoms with Gasteiger partial charge in [-0.05, 0) is 26.9 Å². The molecule has 0 heterocycles. The highest BCUT2D eigenvalue weighted by atomic mass is 16.6. The summed E-state index contributed by atoms with van der Waals surface area (Å²) in [5.41, 5.74) is 0. The van der Waals surface area contributed by atoms with Gasteiger partial charge in [0.05, 0.1) is 0 Å². The van der Waals surface area contributed by atoms with Crippen LogP contribution in [-0.4, -0.2) is 31.2 Å². The molecule has 120 valence electrons. The minimum absolute atomic E-state index is 0.0491. The van der Waals surface area contributed by atoms with E-state index >= 15 is 0 Å². The molecule has 3 nitrogen and oxygen atoms in total. The number of ether oxygens (including phenoxy) is 1. The maximum atomic E-state index is 11.3. The lowest BCUT2D eigenvalue weighted by Crippen LogP contribution is -2.32. The molecular weight excluding hydrogens is 250 g/mol. The molecule has 0 aliphatic carbocycles. The molecule has 0 N–H and O–H groups in total. The Balaban J connectivity index is 3.52. The second-order valence-electron chi connectivity index (χ2n) is 5.88. The molecule has 3 heteroatoms. The Bertz CT molecular complexity index is 229. The van der Waals surface area contributed by atoms with Gasteiger partial charge in [-0.3, -0.25) is 9.69 Å². The lowest BCUT2D eigenvalue weighted by molar-refractivity contribution is -0.157. The minimum atomic E-state index is -0.0976. The van der Waals surface area contributed by atoms with Crippen molar-refractivity contribution in [3.63, 3.8) is 0 Å². The first-order valence-corrected chi connectivity index (χ1v) is 8.47. The van der Waals surface area contributed by atoms with E-state index in [1.807, 2.05) is 25.9 Å². The van der Waals surface area contributed by atoms with Crippen LogP contribution in [0.3, 0.4) is 0 Å². The number of unbranched alkanes of at least 4 members (excludes halogenated alkanes) is 8. The van der Waals surface area contributed by atoms with Gasteiger partial charge in [-0.1, -0.05) is 65.2 Å². The van der Waals surface area contributed by atoms with Crippen LogP contribution in [0.2, 0.25) is 0 Å². The Morgan fingerprint density at radius 1 is 0.900 bits per heavy atom. The fourth-order valence-electron chi connectivity index (χ4n) is 2.29. The third-order valence-corrected chi connectivity index (χ3v) is 3.69. The molecule has 0 aliphatic heterocycles. The number of rotatable bonds is 13. The molecule has 0 fully saturated rings. The van der Waals surface area contributed by atoms with Crippen LogP contribution in [0.4, 0.5) is 0 Å². The van der Waals surface area contributed by atoms with E-state index in [-0.39, 0.29) is 12.2 Å². The summed E-state index contributed by atoms with van der Waals surface area (Å²) < 4.78 is 5.42. The van der Waals surface area contributed by atoms with Crippen molar-refractivity contribution < 1.29 is 9.53 Å². The van der Waals surface area contributed by atoms with Gasteiger partial charge in [0.1, 0.15) is 0 Å². The van der Waals surface area contributed by atoms with Crippen LogP contribution in [0, 0.1) is 0 Å². The quantitative estimate of drug-likeness (QED) is 0.278. The summed E-state index contributed by atoms with van der Waals surface area (Å²) in [5, 5.41) is 0. The van der Waals surface area contributed by atoms with Crippen molar-refractivity contribution in [3.05, 3.63) is 0 Å². The van der Waals surface area contributed by atoms with Gasteiger partial charge < -0.3 is 4.74 Å². The van der Waals surface area contributed by atoms with E-state index in [2.05, 4.69) is 6.92 Å². The minimum Gasteiger partial charge on any atom is -0.446 e. The molecular formula is C17H35NO2. The van der Waals surface area contributed by atoms with Gasteiger partial charge in [0.25, 0.3) is 0 Å². The number of hydrogen-bond donors (Lipinski definition) is 0. The fraction of sp³-hybridized carbons (Fsp3) is 0.941. The van der Waals surface area contributed by atoms with Gasteiger partial charge in [0.2, 0.25) is 0 Å². The average Bonchev–Trinajstić information content (AvgIpc) is 2.43. The summed E-state index contributed by atoms with van der Waals surface area (Å²) in [6, 6.07) is 0. The Labute approximate surface area is 126 Å². The topological polar surface area (TPSA) is 29.5 Å². The van der Waals surface area contributed by atoms with E-state index in [4.69, 9.17) is 4.74 Å². The number of hydrogen-bond acceptors (Lipinski definition) is 3. The highest BCUT2D eigenvalue weighted by molar-refractivity contribution is 5.69. The standard InChI is InChI=1S/C17H35NO2/c1-5-7-8-9-10-11-12-13-14-15-16(18(3)4)20-17(19)6-2/h16H,5-15H2,1-4H3. The lowest BCUT2D eigenvalue weighted by atomic mass is 10.1. The molecule has 1 atom stereocenters. The molecule has 20 heavy (non-hydrogen) atoms. The van der Waals surface area contributed by atoms with E-state index in [9.17, 15) is 4.79 Å². The van der Waals surface area contributed by atoms with Crippen molar-refractivity contribution in [3.8, 4) is 0 Å². The average molecular weight is 285 g/mol. The summed E-state index contributed by atoms with van der Waals surface area (Å²) in [5.74, 6) is -0.0976. The highest BCUT2D eigenvalue weighted by Crippen LogP contribution is 2.13. The second kappa shape index (κ2) is 13.4. The van der Waals surface area contributed by atoms with Gasteiger partial charge in [-0.2, -0.15) is 0 Å². The SMILES string of the molecule is CCCCCCCCCCCC(OC(=O)CC)N(C)C. The van der Waals surface area contributed by atoms with Crippen LogP contribution < -0.4 is 0 Å². The van der Waals surface area contributed by atoms with Crippen molar-refractivity contribution in [2.75, 3.05) is 14.1 Å². The first-order valence-electron chi connectivity index (χ1n) is 8.47. The molecule has 0 aromatic heterocycles. The molecule has 1 unspecified atom stereocenters. The zero-order chi connectivity index (χ0) is 15.2. The van der Waals surface area contributed by atoms with E-state index < -0.39 is 0 Å². The monoisotopic (exact) mass is 285 g/mol. The van der Waals surface area contributed by atoms with Crippen LogP contribution in [0.15, 0.2) is 0 Å². The van der Waals surface area contributed by atoms with E-state index in [1.165, 1.54) is 51.4 Å². The zero-order valence-electron chi connectivity index (χ0n) is 14.1. The molecule has 0 amide bonds. The summed E-state index contributed by atoms with van der Waals surface area (Å²) in [4.78, 5) is 13.3. The van der Waals surface area contributed by atoms with Crippen LogP contribution in [0.25, 0.3) is 0 Å². The van der Waals surface area contributed by atoms with Crippen LogP contribution >= 0.6 is 0 Å². The smallest absolute Gasteiger partial charge is 0.307 e. The molecule has 0 radical (unpaired) electrons. The van der Waals surface area contributed by atoms with Gasteiger partial charge in [-0.15, -0.1) is 0 Å². The maximum absolute atomic E-state index is 11.3. The zero-order valence-corrected chi connectivity index (χ0v) is 14.1. The van der Waals surface area contributed by atoms with Gasteiger partial charge >= 0.3 is 5.97 Å². The van der Waals surface area contributed by atoms with Gasteiger partial charge in [0, 0.05) is 6.42 Å². The third-order valence-electron chi connectivity index (χ3n) is 3.69. The van der Waals surface area contributed by atoms with Gasteiger partial charge in [0.15, 0.2) is 6.23 Å². The molecule has 0 saturated carbocycles. The molecule has 0 aromatic rings. The first kappa shape index (κ1) is 19.4. The highest BCUT2D eigenvalue weighted by Gasteiger charge is 2.14. The number of nitrogens with zero attached hydrogens (tertiary/aromatic N) is 1. The molecule has 0 aliphatic rings. The fourth-order valence-corrected chi connectivity index (χ4v) is 2.29. The summed E-state index contributed by atoms with van der Waals surface area (Å²) >= 11 is 0. The summed E-state index contributed by atoms with van der Waals surface area (Å²) in [6.45, 7) is 4.10. The van der Waals surface area contributed by atoms with Crippen molar-refractivity contribution in [1.82, 2.24) is 4.90 Å². The maximum Gasteiger partial charge on any atom is 0.307 e. The molecule has 0 spiro atoms. The van der Waals surface area contributed by atoms with Crippen molar-refractivity contribution in [2.24, 2.45) is 0 Å². The van der Waals surface area contributed by atoms with E-state index in [0.717, 1.165) is 12.8 Å². The van der Waals surface area contributed by atoms with Crippen LogP contribution in [-0.2, 0) is 9.53 Å². The Hall–Kier alpha value is -0.570. The van der Waals surface area contributed by atoms with Gasteiger partial charge in [-0.25, -0.2) is 0 Å².